The third-order valence-corrected chi connectivity index (χ3v) is 2.12. The lowest BCUT2D eigenvalue weighted by atomic mass is 10.2. The molecule has 0 bridgehead atoms. The van der Waals surface area contributed by atoms with Crippen LogP contribution in [-0.2, 0) is 0 Å². The Hall–Kier alpha value is -0.260. The Kier molecular flexibility index (Phi) is 2.32. The summed E-state index contributed by atoms with van der Waals surface area (Å²) >= 11 is 0. The summed E-state index contributed by atoms with van der Waals surface area (Å²) in [5, 5.41) is 0. The topological polar surface area (TPSA) is 0 Å². The smallest absolute Gasteiger partial charge is 0.0320 e. The van der Waals surface area contributed by atoms with Crippen molar-refractivity contribution in [2.75, 3.05) is 0 Å². The zero-order chi connectivity index (χ0) is 6.69. The Morgan fingerprint density at radius 2 is 2.11 bits per heavy atom. The summed E-state index contributed by atoms with van der Waals surface area (Å²) in [7, 11) is 0. The average molecular weight is 124 g/mol. The first-order valence-corrected chi connectivity index (χ1v) is 3.99. The highest BCUT2D eigenvalue weighted by atomic mass is 14.4. The maximum absolute atomic E-state index is 2.34. The van der Waals surface area contributed by atoms with Crippen molar-refractivity contribution in [3.8, 4) is 0 Å². The summed E-state index contributed by atoms with van der Waals surface area (Å²) in [5.41, 5.74) is 0. The van der Waals surface area contributed by atoms with Crippen LogP contribution in [0.15, 0.2) is 12.2 Å². The van der Waals surface area contributed by atoms with Crippen LogP contribution in [0.1, 0.15) is 33.1 Å². The van der Waals surface area contributed by atoms with Gasteiger partial charge in [-0.25, -0.2) is 0 Å². The van der Waals surface area contributed by atoms with Gasteiger partial charge in [0.05, 0.1) is 0 Å². The van der Waals surface area contributed by atoms with E-state index in [0.717, 1.165) is 11.8 Å². The fourth-order valence-electron chi connectivity index (χ4n) is 1.17. The Labute approximate surface area is 58.0 Å². The molecular weight excluding hydrogens is 108 g/mol. The minimum absolute atomic E-state index is 1.02. The molecule has 0 amide bonds. The van der Waals surface area contributed by atoms with Crippen LogP contribution in [0.25, 0.3) is 0 Å². The van der Waals surface area contributed by atoms with Crippen LogP contribution in [0.5, 0.6) is 0 Å². The summed E-state index contributed by atoms with van der Waals surface area (Å²) in [6.07, 6.45) is 8.59. The van der Waals surface area contributed by atoms with Crippen LogP contribution < -0.4 is 0 Å². The average Bonchev–Trinajstić information content (AvgIpc) is 2.48. The van der Waals surface area contributed by atoms with Crippen LogP contribution in [0.3, 0.4) is 0 Å². The quantitative estimate of drug-likeness (QED) is 0.507. The molecule has 0 heterocycles. The van der Waals surface area contributed by atoms with E-state index in [4.69, 9.17) is 0 Å². The molecule has 0 heteroatoms. The summed E-state index contributed by atoms with van der Waals surface area (Å²) in [6, 6.07) is 0. The SMILES string of the molecule is CCC=CCC1CC1C. The van der Waals surface area contributed by atoms with Crippen molar-refractivity contribution in [2.45, 2.75) is 33.1 Å². The molecule has 0 aliphatic heterocycles. The van der Waals surface area contributed by atoms with Gasteiger partial charge in [-0.15, -0.1) is 0 Å². The molecule has 52 valence electrons. The number of allylic oxidation sites excluding steroid dienone is 2. The first-order valence-electron chi connectivity index (χ1n) is 3.99. The molecule has 1 aliphatic carbocycles. The van der Waals surface area contributed by atoms with E-state index >= 15 is 0 Å². The van der Waals surface area contributed by atoms with Gasteiger partial charge in [-0.1, -0.05) is 26.0 Å². The van der Waals surface area contributed by atoms with Crippen LogP contribution in [0.4, 0.5) is 0 Å². The Morgan fingerprint density at radius 1 is 1.44 bits per heavy atom. The first kappa shape index (κ1) is 6.85. The Bertz CT molecular complexity index is 103. The van der Waals surface area contributed by atoms with E-state index in [1.807, 2.05) is 0 Å². The van der Waals surface area contributed by atoms with Gasteiger partial charge in [0, 0.05) is 0 Å². The third-order valence-electron chi connectivity index (χ3n) is 2.12. The van der Waals surface area contributed by atoms with Gasteiger partial charge in [0.25, 0.3) is 0 Å². The minimum atomic E-state index is 1.02. The molecule has 0 aromatic carbocycles. The third kappa shape index (κ3) is 2.21. The van der Waals surface area contributed by atoms with Crippen molar-refractivity contribution in [3.05, 3.63) is 12.2 Å². The van der Waals surface area contributed by atoms with E-state index in [0.29, 0.717) is 0 Å². The summed E-state index contributed by atoms with van der Waals surface area (Å²) in [6.45, 7) is 4.53. The van der Waals surface area contributed by atoms with Gasteiger partial charge < -0.3 is 0 Å². The highest BCUT2D eigenvalue weighted by molar-refractivity contribution is 4.91. The molecule has 0 N–H and O–H groups in total. The van der Waals surface area contributed by atoms with Gasteiger partial charge in [0.1, 0.15) is 0 Å². The molecule has 1 aliphatic rings. The second-order valence-corrected chi connectivity index (χ2v) is 3.09. The molecule has 0 spiro atoms. The largest absolute Gasteiger partial charge is 0.0888 e. The van der Waals surface area contributed by atoms with E-state index in [2.05, 4.69) is 26.0 Å². The number of hydrogen-bond donors (Lipinski definition) is 0. The zero-order valence-electron chi connectivity index (χ0n) is 6.43. The second-order valence-electron chi connectivity index (χ2n) is 3.09. The molecule has 0 radical (unpaired) electrons. The summed E-state index contributed by atoms with van der Waals surface area (Å²) < 4.78 is 0. The lowest BCUT2D eigenvalue weighted by Gasteiger charge is -1.85. The molecule has 2 unspecified atom stereocenters. The molecular formula is C9H16. The van der Waals surface area contributed by atoms with Crippen LogP contribution in [0, 0.1) is 11.8 Å². The Balaban J connectivity index is 2.00. The number of rotatable bonds is 3. The zero-order valence-corrected chi connectivity index (χ0v) is 6.43. The normalized spacial score (nSPS) is 33.6. The molecule has 0 saturated heterocycles. The lowest BCUT2D eigenvalue weighted by Crippen LogP contribution is -1.72. The van der Waals surface area contributed by atoms with Crippen molar-refractivity contribution in [1.82, 2.24) is 0 Å². The predicted octanol–water partition coefficient (Wildman–Crippen LogP) is 3.00. The standard InChI is InChI=1S/C9H16/c1-3-4-5-6-9-7-8(9)2/h4-5,8-9H,3,6-7H2,1-2H3. The van der Waals surface area contributed by atoms with E-state index in [9.17, 15) is 0 Å². The van der Waals surface area contributed by atoms with E-state index in [1.54, 1.807) is 0 Å². The van der Waals surface area contributed by atoms with Gasteiger partial charge >= 0.3 is 0 Å². The molecule has 1 saturated carbocycles. The van der Waals surface area contributed by atoms with Crippen molar-refractivity contribution in [2.24, 2.45) is 11.8 Å². The molecule has 0 aromatic heterocycles. The van der Waals surface area contributed by atoms with Crippen molar-refractivity contribution in [1.29, 1.82) is 0 Å². The van der Waals surface area contributed by atoms with Gasteiger partial charge in [0.15, 0.2) is 0 Å². The predicted molar refractivity (Wildman–Crippen MR) is 41.3 cm³/mol. The fraction of sp³-hybridized carbons (Fsp3) is 0.778. The maximum atomic E-state index is 2.34. The van der Waals surface area contributed by atoms with Crippen molar-refractivity contribution >= 4 is 0 Å². The van der Waals surface area contributed by atoms with Crippen molar-refractivity contribution < 1.29 is 0 Å². The van der Waals surface area contributed by atoms with E-state index in [1.165, 1.54) is 19.3 Å². The number of hydrogen-bond acceptors (Lipinski definition) is 0. The first-order chi connectivity index (χ1) is 4.34. The molecule has 1 rings (SSSR count). The van der Waals surface area contributed by atoms with Gasteiger partial charge in [0.2, 0.25) is 0 Å². The van der Waals surface area contributed by atoms with Gasteiger partial charge in [-0.2, -0.15) is 0 Å². The molecule has 9 heavy (non-hydrogen) atoms. The van der Waals surface area contributed by atoms with E-state index < -0.39 is 0 Å². The Morgan fingerprint density at radius 3 is 2.56 bits per heavy atom. The van der Waals surface area contributed by atoms with Gasteiger partial charge in [-0.3, -0.25) is 0 Å². The highest BCUT2D eigenvalue weighted by Gasteiger charge is 2.30. The van der Waals surface area contributed by atoms with E-state index in [-0.39, 0.29) is 0 Å². The molecule has 0 nitrogen and oxygen atoms in total. The highest BCUT2D eigenvalue weighted by Crippen LogP contribution is 2.40. The second kappa shape index (κ2) is 3.05. The molecule has 1 fully saturated rings. The van der Waals surface area contributed by atoms with Crippen LogP contribution in [0.2, 0.25) is 0 Å². The minimum Gasteiger partial charge on any atom is -0.0888 e. The molecule has 2 atom stereocenters. The lowest BCUT2D eigenvalue weighted by molar-refractivity contribution is 0.764. The monoisotopic (exact) mass is 124 g/mol. The fourth-order valence-corrected chi connectivity index (χ4v) is 1.17. The summed E-state index contributed by atoms with van der Waals surface area (Å²) in [5.74, 6) is 2.05. The maximum Gasteiger partial charge on any atom is -0.0320 e. The summed E-state index contributed by atoms with van der Waals surface area (Å²) in [4.78, 5) is 0. The molecule has 0 aromatic rings. The van der Waals surface area contributed by atoms with Crippen LogP contribution >= 0.6 is 0 Å². The van der Waals surface area contributed by atoms with Gasteiger partial charge in [-0.05, 0) is 31.1 Å². The van der Waals surface area contributed by atoms with Crippen LogP contribution in [-0.4, -0.2) is 0 Å². The van der Waals surface area contributed by atoms with Crippen molar-refractivity contribution in [3.63, 3.8) is 0 Å².